The highest BCUT2D eigenvalue weighted by atomic mass is 16.1. The minimum absolute atomic E-state index is 0.217. The molecule has 0 saturated carbocycles. The number of nitrogens with zero attached hydrogens (tertiary/aromatic N) is 1. The predicted octanol–water partition coefficient (Wildman–Crippen LogP) is 1.07. The maximum absolute atomic E-state index is 10.5. The van der Waals surface area contributed by atoms with E-state index in [1.165, 1.54) is 0 Å². The summed E-state index contributed by atoms with van der Waals surface area (Å²) < 4.78 is 0.854. The fourth-order valence-corrected chi connectivity index (χ4v) is 0.620. The fourth-order valence-electron chi connectivity index (χ4n) is 0.620. The minimum Gasteiger partial charge on any atom is -0.321 e. The first-order chi connectivity index (χ1) is 5.42. The van der Waals surface area contributed by atoms with Crippen molar-refractivity contribution in [3.05, 3.63) is 0 Å². The normalized spacial score (nSPS) is 10.3. The van der Waals surface area contributed by atoms with Gasteiger partial charge in [0.05, 0.1) is 21.1 Å². The number of carbonyl (C=O) groups is 1. The molecule has 0 radical (unpaired) electrons. The van der Waals surface area contributed by atoms with Crippen molar-refractivity contribution in [2.45, 2.75) is 19.8 Å². The van der Waals surface area contributed by atoms with Crippen molar-refractivity contribution >= 4 is 5.78 Å². The second-order valence-electron chi connectivity index (χ2n) is 4.00. The first-order valence-corrected chi connectivity index (χ1v) is 4.17. The van der Waals surface area contributed by atoms with Gasteiger partial charge >= 0.3 is 0 Å². The van der Waals surface area contributed by atoms with Crippen LogP contribution in [-0.2, 0) is 4.79 Å². The summed E-state index contributed by atoms with van der Waals surface area (Å²) in [7, 11) is 6.29. The van der Waals surface area contributed by atoms with Gasteiger partial charge in [-0.1, -0.05) is 5.92 Å². The van der Waals surface area contributed by atoms with Gasteiger partial charge in [-0.15, -0.1) is 0 Å². The summed E-state index contributed by atoms with van der Waals surface area (Å²) >= 11 is 0. The third-order valence-electron chi connectivity index (χ3n) is 1.28. The monoisotopic (exact) mass is 168 g/mol. The Hall–Kier alpha value is -0.810. The molecule has 2 nitrogen and oxygen atoms in total. The van der Waals surface area contributed by atoms with Gasteiger partial charge in [-0.25, -0.2) is 0 Å². The fraction of sp³-hybridized carbons (Fsp3) is 0.700. The maximum atomic E-state index is 10.5. The molecule has 0 bridgehead atoms. The Balaban J connectivity index is 3.55. The van der Waals surface area contributed by atoms with Crippen LogP contribution in [0.1, 0.15) is 19.8 Å². The molecule has 68 valence electrons. The van der Waals surface area contributed by atoms with Crippen LogP contribution in [0.15, 0.2) is 0 Å². The van der Waals surface area contributed by atoms with Crippen LogP contribution >= 0.6 is 0 Å². The SMILES string of the molecule is CC(=O)CCC#CC[N+](C)(C)C. The molecular weight excluding hydrogens is 150 g/mol. The van der Waals surface area contributed by atoms with Gasteiger partial charge in [-0.05, 0) is 12.8 Å². The lowest BCUT2D eigenvalue weighted by atomic mass is 10.2. The van der Waals surface area contributed by atoms with E-state index in [0.29, 0.717) is 12.8 Å². The van der Waals surface area contributed by atoms with Gasteiger partial charge in [0.1, 0.15) is 12.3 Å². The molecule has 0 aliphatic rings. The second kappa shape index (κ2) is 4.95. The van der Waals surface area contributed by atoms with Crippen molar-refractivity contribution in [2.24, 2.45) is 0 Å². The lowest BCUT2D eigenvalue weighted by molar-refractivity contribution is -0.862. The molecule has 0 rings (SSSR count). The molecule has 0 aromatic carbocycles. The third kappa shape index (κ3) is 9.19. The summed E-state index contributed by atoms with van der Waals surface area (Å²) in [6.45, 7) is 2.44. The number of carbonyl (C=O) groups excluding carboxylic acids is 1. The molecule has 0 heterocycles. The zero-order valence-corrected chi connectivity index (χ0v) is 8.48. The molecule has 0 aliphatic carbocycles. The molecular formula is C10H18NO+. The number of rotatable bonds is 3. The third-order valence-corrected chi connectivity index (χ3v) is 1.28. The second-order valence-corrected chi connectivity index (χ2v) is 4.00. The van der Waals surface area contributed by atoms with E-state index in [-0.39, 0.29) is 5.78 Å². The summed E-state index contributed by atoms with van der Waals surface area (Å²) in [6, 6.07) is 0. The van der Waals surface area contributed by atoms with Crippen LogP contribution in [0.4, 0.5) is 0 Å². The quantitative estimate of drug-likeness (QED) is 0.455. The highest BCUT2D eigenvalue weighted by Gasteiger charge is 2.01. The van der Waals surface area contributed by atoms with Gasteiger partial charge < -0.3 is 4.48 Å². The van der Waals surface area contributed by atoms with Gasteiger partial charge in [0, 0.05) is 12.8 Å². The number of quaternary nitrogens is 1. The van der Waals surface area contributed by atoms with E-state index >= 15 is 0 Å². The van der Waals surface area contributed by atoms with E-state index in [1.807, 2.05) is 0 Å². The van der Waals surface area contributed by atoms with Crippen LogP contribution in [0.5, 0.6) is 0 Å². The minimum atomic E-state index is 0.217. The molecule has 12 heavy (non-hydrogen) atoms. The van der Waals surface area contributed by atoms with Gasteiger partial charge in [0.15, 0.2) is 0 Å². The van der Waals surface area contributed by atoms with Crippen molar-refractivity contribution in [3.63, 3.8) is 0 Å². The van der Waals surface area contributed by atoms with E-state index in [2.05, 4.69) is 33.0 Å². The van der Waals surface area contributed by atoms with Gasteiger partial charge in [-0.2, -0.15) is 0 Å². The molecule has 0 aliphatic heterocycles. The Kier molecular flexibility index (Phi) is 4.61. The first-order valence-electron chi connectivity index (χ1n) is 4.17. The van der Waals surface area contributed by atoms with E-state index in [1.54, 1.807) is 6.92 Å². The first kappa shape index (κ1) is 11.2. The molecule has 2 heteroatoms. The Labute approximate surface area is 75.2 Å². The molecule has 0 atom stereocenters. The van der Waals surface area contributed by atoms with Crippen molar-refractivity contribution in [2.75, 3.05) is 27.7 Å². The van der Waals surface area contributed by atoms with E-state index in [4.69, 9.17) is 0 Å². The smallest absolute Gasteiger partial charge is 0.140 e. The molecule has 0 aromatic heterocycles. The molecule has 0 N–H and O–H groups in total. The molecule has 0 aromatic rings. The van der Waals surface area contributed by atoms with Crippen LogP contribution in [-0.4, -0.2) is 38.0 Å². The van der Waals surface area contributed by atoms with Gasteiger partial charge in [-0.3, -0.25) is 4.79 Å². The summed E-state index contributed by atoms with van der Waals surface area (Å²) in [4.78, 5) is 10.5. The highest BCUT2D eigenvalue weighted by Crippen LogP contribution is 1.89. The Morgan fingerprint density at radius 2 is 1.83 bits per heavy atom. The van der Waals surface area contributed by atoms with Gasteiger partial charge in [0.2, 0.25) is 0 Å². The van der Waals surface area contributed by atoms with Crippen LogP contribution in [0.2, 0.25) is 0 Å². The van der Waals surface area contributed by atoms with Crippen LogP contribution in [0, 0.1) is 11.8 Å². The van der Waals surface area contributed by atoms with Crippen molar-refractivity contribution in [1.82, 2.24) is 0 Å². The zero-order chi connectivity index (χ0) is 9.61. The lowest BCUT2D eigenvalue weighted by Gasteiger charge is -2.19. The number of ketones is 1. The average Bonchev–Trinajstić information content (AvgIpc) is 1.83. The Morgan fingerprint density at radius 3 is 2.25 bits per heavy atom. The van der Waals surface area contributed by atoms with Crippen LogP contribution in [0.25, 0.3) is 0 Å². The summed E-state index contributed by atoms with van der Waals surface area (Å²) in [5, 5.41) is 0. The number of Topliss-reactive ketones (excluding diaryl/α,β-unsaturated/α-hetero) is 1. The van der Waals surface area contributed by atoms with E-state index < -0.39 is 0 Å². The standard InChI is InChI=1S/C10H18NO/c1-10(12)8-6-5-7-9-11(2,3)4/h6,8-9H2,1-4H3/q+1. The maximum Gasteiger partial charge on any atom is 0.140 e. The van der Waals surface area contributed by atoms with Crippen molar-refractivity contribution in [1.29, 1.82) is 0 Å². The van der Waals surface area contributed by atoms with Crippen LogP contribution in [0.3, 0.4) is 0 Å². The Bertz CT molecular complexity index is 202. The zero-order valence-electron chi connectivity index (χ0n) is 8.48. The highest BCUT2D eigenvalue weighted by molar-refractivity contribution is 5.75. The summed E-state index contributed by atoms with van der Waals surface area (Å²) in [5.74, 6) is 6.25. The summed E-state index contributed by atoms with van der Waals surface area (Å²) in [5.41, 5.74) is 0. The Morgan fingerprint density at radius 1 is 1.25 bits per heavy atom. The molecule has 0 fully saturated rings. The van der Waals surface area contributed by atoms with Gasteiger partial charge in [0.25, 0.3) is 0 Å². The van der Waals surface area contributed by atoms with Crippen molar-refractivity contribution < 1.29 is 9.28 Å². The number of hydrogen-bond donors (Lipinski definition) is 0. The molecule has 0 amide bonds. The predicted molar refractivity (Wildman–Crippen MR) is 50.6 cm³/mol. The molecule has 0 saturated heterocycles. The van der Waals surface area contributed by atoms with E-state index in [9.17, 15) is 4.79 Å². The average molecular weight is 168 g/mol. The largest absolute Gasteiger partial charge is 0.321 e. The van der Waals surface area contributed by atoms with E-state index in [0.717, 1.165) is 11.0 Å². The molecule has 0 spiro atoms. The summed E-state index contributed by atoms with van der Waals surface area (Å²) in [6.07, 6.45) is 1.29. The number of hydrogen-bond acceptors (Lipinski definition) is 1. The van der Waals surface area contributed by atoms with Crippen molar-refractivity contribution in [3.8, 4) is 11.8 Å². The lowest BCUT2D eigenvalue weighted by Crippen LogP contribution is -2.34. The molecule has 0 unspecified atom stereocenters. The van der Waals surface area contributed by atoms with Crippen LogP contribution < -0.4 is 0 Å². The topological polar surface area (TPSA) is 17.1 Å².